The fourth-order valence-electron chi connectivity index (χ4n) is 3.80. The number of nitrogens with one attached hydrogen (secondary N) is 1. The Hall–Kier alpha value is -3.62. The van der Waals surface area contributed by atoms with Gasteiger partial charge in [0.25, 0.3) is 0 Å². The molecule has 0 aliphatic carbocycles. The number of hydrogen-bond acceptors (Lipinski definition) is 6. The van der Waals surface area contributed by atoms with Crippen molar-refractivity contribution < 1.29 is 14.3 Å². The summed E-state index contributed by atoms with van der Waals surface area (Å²) < 4.78 is 13.6. The summed E-state index contributed by atoms with van der Waals surface area (Å²) in [5.41, 5.74) is 8.74. The van der Waals surface area contributed by atoms with Gasteiger partial charge in [-0.3, -0.25) is 9.78 Å². The van der Waals surface area contributed by atoms with E-state index in [9.17, 15) is 14.3 Å². The van der Waals surface area contributed by atoms with Crippen LogP contribution in [0.3, 0.4) is 0 Å². The Morgan fingerprint density at radius 1 is 1.12 bits per heavy atom. The number of carbonyl (C=O) groups excluding carboxylic acids is 1. The molecule has 0 aliphatic rings. The van der Waals surface area contributed by atoms with Crippen LogP contribution in [0.15, 0.2) is 73.1 Å². The van der Waals surface area contributed by atoms with Gasteiger partial charge in [0.15, 0.2) is 0 Å². The van der Waals surface area contributed by atoms with Gasteiger partial charge in [0.2, 0.25) is 5.91 Å². The van der Waals surface area contributed by atoms with Gasteiger partial charge >= 0.3 is 0 Å². The zero-order chi connectivity index (χ0) is 23.9. The zero-order valence-electron chi connectivity index (χ0n) is 18.4. The highest BCUT2D eigenvalue weighted by Gasteiger charge is 2.25. The van der Waals surface area contributed by atoms with E-state index in [1.54, 1.807) is 35.9 Å². The number of hydrogen-bond donors (Lipinski definition) is 3. The van der Waals surface area contributed by atoms with Crippen molar-refractivity contribution in [1.82, 2.24) is 9.97 Å². The van der Waals surface area contributed by atoms with Crippen LogP contribution < -0.4 is 11.1 Å². The molecular formula is C26H25FN4O2S. The molecule has 0 spiro atoms. The van der Waals surface area contributed by atoms with E-state index in [4.69, 9.17) is 10.7 Å². The topological polar surface area (TPSA) is 101 Å². The number of aromatic nitrogens is 2. The molecule has 4 N–H and O–H groups in total. The average Bonchev–Trinajstić information content (AvgIpc) is 3.29. The number of amides is 1. The molecular weight excluding hydrogens is 451 g/mol. The maximum atomic E-state index is 13.6. The number of rotatable bonds is 10. The third-order valence-corrected chi connectivity index (χ3v) is 6.57. The van der Waals surface area contributed by atoms with Crippen molar-refractivity contribution in [2.24, 2.45) is 5.73 Å². The Morgan fingerprint density at radius 2 is 2.00 bits per heavy atom. The van der Waals surface area contributed by atoms with Crippen LogP contribution >= 0.6 is 11.3 Å². The summed E-state index contributed by atoms with van der Waals surface area (Å²) in [7, 11) is 0. The number of carbonyl (C=O) groups is 1. The number of aliphatic hydroxyl groups is 1. The minimum Gasteiger partial charge on any atom is -0.396 e. The maximum absolute atomic E-state index is 13.6. The number of nitrogens with zero attached hydrogens (tertiary/aromatic N) is 2. The third-order valence-electron chi connectivity index (χ3n) is 5.41. The first-order valence-corrected chi connectivity index (χ1v) is 11.7. The predicted molar refractivity (Wildman–Crippen MR) is 132 cm³/mol. The molecule has 174 valence electrons. The van der Waals surface area contributed by atoms with E-state index in [2.05, 4.69) is 10.3 Å². The molecule has 1 amide bonds. The molecule has 3 heterocycles. The van der Waals surface area contributed by atoms with Gasteiger partial charge in [0, 0.05) is 42.4 Å². The Kier molecular flexibility index (Phi) is 7.61. The van der Waals surface area contributed by atoms with Gasteiger partial charge in [-0.25, -0.2) is 9.37 Å². The van der Waals surface area contributed by atoms with Crippen molar-refractivity contribution in [3.63, 3.8) is 0 Å². The monoisotopic (exact) mass is 476 g/mol. The number of nitrogens with two attached hydrogens (primary N) is 1. The van der Waals surface area contributed by atoms with Crippen LogP contribution in [-0.2, 0) is 17.6 Å². The quantitative estimate of drug-likeness (QED) is 0.319. The Labute approximate surface area is 201 Å². The fraction of sp³-hybridized carbons (Fsp3) is 0.192. The SMILES string of the molecule is NC(=O)C(c1cccnc1)c1ccc(-c2ccc(CCO)s2)nc1NCCc1cccc(F)c1. The summed E-state index contributed by atoms with van der Waals surface area (Å²) >= 11 is 1.56. The predicted octanol–water partition coefficient (Wildman–Crippen LogP) is 4.15. The van der Waals surface area contributed by atoms with E-state index in [0.717, 1.165) is 21.0 Å². The smallest absolute Gasteiger partial charge is 0.229 e. The molecule has 0 fully saturated rings. The summed E-state index contributed by atoms with van der Waals surface area (Å²) in [6.45, 7) is 0.580. The van der Waals surface area contributed by atoms with Crippen molar-refractivity contribution in [3.05, 3.63) is 100 Å². The second kappa shape index (κ2) is 11.0. The molecule has 0 saturated heterocycles. The molecule has 1 atom stereocenters. The van der Waals surface area contributed by atoms with Crippen molar-refractivity contribution in [2.45, 2.75) is 18.8 Å². The molecule has 0 aliphatic heterocycles. The number of primary amides is 1. The number of thiophene rings is 1. The van der Waals surface area contributed by atoms with E-state index in [0.29, 0.717) is 36.3 Å². The van der Waals surface area contributed by atoms with Gasteiger partial charge in [-0.05, 0) is 53.9 Å². The number of benzene rings is 1. The molecule has 34 heavy (non-hydrogen) atoms. The molecule has 0 saturated carbocycles. The Bertz CT molecular complexity index is 1260. The van der Waals surface area contributed by atoms with Gasteiger partial charge in [-0.2, -0.15) is 0 Å². The minimum absolute atomic E-state index is 0.0879. The van der Waals surface area contributed by atoms with Gasteiger partial charge in [-0.15, -0.1) is 11.3 Å². The van der Waals surface area contributed by atoms with E-state index in [1.807, 2.05) is 36.4 Å². The summed E-state index contributed by atoms with van der Waals surface area (Å²) in [6.07, 6.45) is 4.44. The van der Waals surface area contributed by atoms with Crippen molar-refractivity contribution >= 4 is 23.1 Å². The first kappa shape index (κ1) is 23.5. The molecule has 8 heteroatoms. The lowest BCUT2D eigenvalue weighted by Crippen LogP contribution is -2.24. The summed E-state index contributed by atoms with van der Waals surface area (Å²) in [5.74, 6) is -0.962. The number of aliphatic hydroxyl groups excluding tert-OH is 1. The normalized spacial score (nSPS) is 11.8. The summed E-state index contributed by atoms with van der Waals surface area (Å²) in [5, 5.41) is 12.5. The lowest BCUT2D eigenvalue weighted by molar-refractivity contribution is -0.118. The zero-order valence-corrected chi connectivity index (χ0v) is 19.3. The molecule has 0 bridgehead atoms. The lowest BCUT2D eigenvalue weighted by Gasteiger charge is -2.19. The molecule has 0 radical (unpaired) electrons. The molecule has 1 aromatic carbocycles. The highest BCUT2D eigenvalue weighted by Crippen LogP contribution is 2.33. The average molecular weight is 477 g/mol. The Morgan fingerprint density at radius 3 is 2.74 bits per heavy atom. The van der Waals surface area contributed by atoms with Crippen molar-refractivity contribution in [2.75, 3.05) is 18.5 Å². The van der Waals surface area contributed by atoms with Gasteiger partial charge < -0.3 is 16.2 Å². The van der Waals surface area contributed by atoms with E-state index in [-0.39, 0.29) is 12.4 Å². The first-order chi connectivity index (χ1) is 16.5. The van der Waals surface area contributed by atoms with Crippen LogP contribution in [-0.4, -0.2) is 34.1 Å². The van der Waals surface area contributed by atoms with Crippen LogP contribution in [0.4, 0.5) is 10.2 Å². The highest BCUT2D eigenvalue weighted by molar-refractivity contribution is 7.15. The van der Waals surface area contributed by atoms with Crippen LogP contribution in [0.25, 0.3) is 10.6 Å². The molecule has 1 unspecified atom stereocenters. The molecule has 4 aromatic rings. The number of anilines is 1. The standard InChI is InChI=1S/C26H25FN4O2S/c27-19-5-1-3-17(15-19)10-13-30-26-21(24(25(28)33)18-4-2-12-29-16-18)7-8-22(31-26)23-9-6-20(34-23)11-14-32/h1-9,12,15-16,24,32H,10-11,13-14H2,(H2,28,33)(H,30,31). The highest BCUT2D eigenvalue weighted by atomic mass is 32.1. The number of halogens is 1. The molecule has 3 aromatic heterocycles. The lowest BCUT2D eigenvalue weighted by atomic mass is 9.91. The van der Waals surface area contributed by atoms with Crippen molar-refractivity contribution in [3.8, 4) is 10.6 Å². The van der Waals surface area contributed by atoms with Crippen LogP contribution in [0.5, 0.6) is 0 Å². The van der Waals surface area contributed by atoms with E-state index >= 15 is 0 Å². The fourth-order valence-corrected chi connectivity index (χ4v) is 4.77. The third kappa shape index (κ3) is 5.65. The van der Waals surface area contributed by atoms with Gasteiger partial charge in [-0.1, -0.05) is 24.3 Å². The largest absolute Gasteiger partial charge is 0.396 e. The van der Waals surface area contributed by atoms with E-state index in [1.165, 1.54) is 12.1 Å². The molecule has 6 nitrogen and oxygen atoms in total. The summed E-state index contributed by atoms with van der Waals surface area (Å²) in [4.78, 5) is 23.5. The second-order valence-corrected chi connectivity index (χ2v) is 8.97. The molecule has 4 rings (SSSR count). The Balaban J connectivity index is 1.68. The second-order valence-electron chi connectivity index (χ2n) is 7.80. The first-order valence-electron chi connectivity index (χ1n) is 10.9. The summed E-state index contributed by atoms with van der Waals surface area (Å²) in [6, 6.07) is 17.7. The van der Waals surface area contributed by atoms with Crippen LogP contribution in [0, 0.1) is 5.82 Å². The van der Waals surface area contributed by atoms with Crippen LogP contribution in [0.1, 0.15) is 27.5 Å². The van der Waals surface area contributed by atoms with Gasteiger partial charge in [0.1, 0.15) is 11.6 Å². The van der Waals surface area contributed by atoms with E-state index < -0.39 is 11.8 Å². The maximum Gasteiger partial charge on any atom is 0.229 e. The van der Waals surface area contributed by atoms with Crippen LogP contribution in [0.2, 0.25) is 0 Å². The number of pyridine rings is 2. The minimum atomic E-state index is -0.722. The van der Waals surface area contributed by atoms with Gasteiger partial charge in [0.05, 0.1) is 16.5 Å². The van der Waals surface area contributed by atoms with Crippen molar-refractivity contribution in [1.29, 1.82) is 0 Å².